The number of hydrogen-bond acceptors (Lipinski definition) is 3. The van der Waals surface area contributed by atoms with E-state index in [1.54, 1.807) is 0 Å². The SMILES string of the molecule is COc1c(C(N)=O)nc(C)c2ccccc12. The molecular formula is C12H12N2O2. The number of nitrogens with zero attached hydrogens (tertiary/aromatic N) is 1. The Hall–Kier alpha value is -2.10. The van der Waals surface area contributed by atoms with Crippen molar-refractivity contribution in [2.24, 2.45) is 5.73 Å². The van der Waals surface area contributed by atoms with E-state index in [0.29, 0.717) is 5.75 Å². The lowest BCUT2D eigenvalue weighted by molar-refractivity contribution is 0.0992. The summed E-state index contributed by atoms with van der Waals surface area (Å²) in [5.41, 5.74) is 6.22. The molecule has 82 valence electrons. The Labute approximate surface area is 93.0 Å². The van der Waals surface area contributed by atoms with Crippen molar-refractivity contribution in [1.29, 1.82) is 0 Å². The van der Waals surface area contributed by atoms with E-state index in [4.69, 9.17) is 10.5 Å². The van der Waals surface area contributed by atoms with Gasteiger partial charge in [0.05, 0.1) is 7.11 Å². The van der Waals surface area contributed by atoms with Crippen molar-refractivity contribution in [2.45, 2.75) is 6.92 Å². The van der Waals surface area contributed by atoms with Gasteiger partial charge >= 0.3 is 0 Å². The van der Waals surface area contributed by atoms with Crippen LogP contribution in [0.3, 0.4) is 0 Å². The summed E-state index contributed by atoms with van der Waals surface area (Å²) in [5.74, 6) is -0.139. The summed E-state index contributed by atoms with van der Waals surface area (Å²) < 4.78 is 5.21. The van der Waals surface area contributed by atoms with Crippen molar-refractivity contribution in [1.82, 2.24) is 4.98 Å². The van der Waals surface area contributed by atoms with Gasteiger partial charge in [-0.3, -0.25) is 4.79 Å². The highest BCUT2D eigenvalue weighted by Crippen LogP contribution is 2.29. The number of hydrogen-bond donors (Lipinski definition) is 1. The smallest absolute Gasteiger partial charge is 0.271 e. The molecule has 0 unspecified atom stereocenters. The molecule has 0 fully saturated rings. The van der Waals surface area contributed by atoms with Crippen molar-refractivity contribution in [3.05, 3.63) is 35.7 Å². The maximum atomic E-state index is 11.3. The number of ether oxygens (including phenoxy) is 1. The van der Waals surface area contributed by atoms with Gasteiger partial charge in [0.2, 0.25) is 0 Å². The van der Waals surface area contributed by atoms with Crippen LogP contribution in [-0.4, -0.2) is 18.0 Å². The minimum absolute atomic E-state index is 0.179. The van der Waals surface area contributed by atoms with Gasteiger partial charge in [-0.05, 0) is 6.92 Å². The van der Waals surface area contributed by atoms with Crippen molar-refractivity contribution in [2.75, 3.05) is 7.11 Å². The lowest BCUT2D eigenvalue weighted by Gasteiger charge is -2.10. The van der Waals surface area contributed by atoms with E-state index < -0.39 is 5.91 Å². The zero-order valence-electron chi connectivity index (χ0n) is 9.15. The zero-order valence-corrected chi connectivity index (χ0v) is 9.15. The number of aromatic nitrogens is 1. The maximum Gasteiger partial charge on any atom is 0.271 e. The van der Waals surface area contributed by atoms with Crippen LogP contribution >= 0.6 is 0 Å². The first kappa shape index (κ1) is 10.4. The molecule has 0 spiro atoms. The molecule has 0 aliphatic heterocycles. The average molecular weight is 216 g/mol. The highest BCUT2D eigenvalue weighted by atomic mass is 16.5. The fourth-order valence-electron chi connectivity index (χ4n) is 1.78. The quantitative estimate of drug-likeness (QED) is 0.830. The monoisotopic (exact) mass is 216 g/mol. The summed E-state index contributed by atoms with van der Waals surface area (Å²) in [7, 11) is 1.51. The lowest BCUT2D eigenvalue weighted by Crippen LogP contribution is -2.15. The number of carbonyl (C=O) groups is 1. The number of primary amides is 1. The summed E-state index contributed by atoms with van der Waals surface area (Å²) >= 11 is 0. The number of amides is 1. The van der Waals surface area contributed by atoms with Gasteiger partial charge in [0.15, 0.2) is 11.4 Å². The van der Waals surface area contributed by atoms with E-state index in [0.717, 1.165) is 16.5 Å². The van der Waals surface area contributed by atoms with Crippen LogP contribution < -0.4 is 10.5 Å². The third-order valence-corrected chi connectivity index (χ3v) is 2.49. The molecule has 0 saturated carbocycles. The number of benzene rings is 1. The number of aryl methyl sites for hydroxylation is 1. The Balaban J connectivity index is 2.90. The first-order chi connectivity index (χ1) is 7.65. The predicted octanol–water partition coefficient (Wildman–Crippen LogP) is 1.65. The first-order valence-corrected chi connectivity index (χ1v) is 4.88. The van der Waals surface area contributed by atoms with Crippen molar-refractivity contribution < 1.29 is 9.53 Å². The molecule has 0 bridgehead atoms. The van der Waals surface area contributed by atoms with Crippen LogP contribution in [0.5, 0.6) is 5.75 Å². The molecule has 0 aliphatic rings. The topological polar surface area (TPSA) is 65.2 Å². The third kappa shape index (κ3) is 1.48. The summed E-state index contributed by atoms with van der Waals surface area (Å²) in [4.78, 5) is 15.4. The Kier molecular flexibility index (Phi) is 2.48. The number of methoxy groups -OCH3 is 1. The molecule has 0 atom stereocenters. The molecule has 16 heavy (non-hydrogen) atoms. The summed E-state index contributed by atoms with van der Waals surface area (Å²) in [6.45, 7) is 1.84. The van der Waals surface area contributed by atoms with Gasteiger partial charge in [0.1, 0.15) is 0 Å². The standard InChI is InChI=1S/C12H12N2O2/c1-7-8-5-3-4-6-9(8)11(16-2)10(14-7)12(13)15/h3-6H,1-2H3,(H2,13,15). The molecule has 0 saturated heterocycles. The van der Waals surface area contributed by atoms with Crippen molar-refractivity contribution in [3.63, 3.8) is 0 Å². The Morgan fingerprint density at radius 3 is 2.50 bits per heavy atom. The summed E-state index contributed by atoms with van der Waals surface area (Å²) in [5, 5.41) is 1.82. The van der Waals surface area contributed by atoms with Crippen LogP contribution in [0.2, 0.25) is 0 Å². The lowest BCUT2D eigenvalue weighted by atomic mass is 10.1. The Bertz CT molecular complexity index is 564. The van der Waals surface area contributed by atoms with Crippen LogP contribution in [0.4, 0.5) is 0 Å². The highest BCUT2D eigenvalue weighted by molar-refractivity contribution is 6.01. The molecule has 1 heterocycles. The molecule has 2 rings (SSSR count). The van der Waals surface area contributed by atoms with Crippen molar-refractivity contribution in [3.8, 4) is 5.75 Å². The predicted molar refractivity (Wildman–Crippen MR) is 61.5 cm³/mol. The van der Waals surface area contributed by atoms with Crippen LogP contribution in [-0.2, 0) is 0 Å². The summed E-state index contributed by atoms with van der Waals surface area (Å²) in [6, 6.07) is 7.62. The van der Waals surface area contributed by atoms with Crippen LogP contribution in [0, 0.1) is 6.92 Å². The summed E-state index contributed by atoms with van der Waals surface area (Å²) in [6.07, 6.45) is 0. The van der Waals surface area contributed by atoms with Crippen molar-refractivity contribution >= 4 is 16.7 Å². The van der Waals surface area contributed by atoms with Gasteiger partial charge in [-0.2, -0.15) is 0 Å². The van der Waals surface area contributed by atoms with E-state index in [-0.39, 0.29) is 5.69 Å². The van der Waals surface area contributed by atoms with Gasteiger partial charge in [0, 0.05) is 16.5 Å². The van der Waals surface area contributed by atoms with Gasteiger partial charge in [-0.1, -0.05) is 24.3 Å². The minimum atomic E-state index is -0.578. The van der Waals surface area contributed by atoms with Gasteiger partial charge in [-0.25, -0.2) is 4.98 Å². The normalized spacial score (nSPS) is 10.4. The molecule has 0 aliphatic carbocycles. The molecule has 0 radical (unpaired) electrons. The molecular weight excluding hydrogens is 204 g/mol. The number of carbonyl (C=O) groups excluding carboxylic acids is 1. The molecule has 1 aromatic carbocycles. The second-order valence-corrected chi connectivity index (χ2v) is 3.49. The number of rotatable bonds is 2. The maximum absolute atomic E-state index is 11.3. The number of nitrogens with two attached hydrogens (primary N) is 1. The van der Waals surface area contributed by atoms with E-state index in [2.05, 4.69) is 4.98 Å². The largest absolute Gasteiger partial charge is 0.494 e. The molecule has 2 aromatic rings. The van der Waals surface area contributed by atoms with Crippen LogP contribution in [0.15, 0.2) is 24.3 Å². The number of fused-ring (bicyclic) bond motifs is 1. The molecule has 4 heteroatoms. The fraction of sp³-hybridized carbons (Fsp3) is 0.167. The fourth-order valence-corrected chi connectivity index (χ4v) is 1.78. The molecule has 1 aromatic heterocycles. The second-order valence-electron chi connectivity index (χ2n) is 3.49. The van der Waals surface area contributed by atoms with Gasteiger partial charge in [-0.15, -0.1) is 0 Å². The molecule has 4 nitrogen and oxygen atoms in total. The van der Waals surface area contributed by atoms with E-state index >= 15 is 0 Å². The van der Waals surface area contributed by atoms with Gasteiger partial charge in [0.25, 0.3) is 5.91 Å². The number of pyridine rings is 1. The van der Waals surface area contributed by atoms with Crippen LogP contribution in [0.25, 0.3) is 10.8 Å². The highest BCUT2D eigenvalue weighted by Gasteiger charge is 2.15. The third-order valence-electron chi connectivity index (χ3n) is 2.49. The van der Waals surface area contributed by atoms with E-state index in [9.17, 15) is 4.79 Å². The van der Waals surface area contributed by atoms with Gasteiger partial charge < -0.3 is 10.5 Å². The zero-order chi connectivity index (χ0) is 11.7. The minimum Gasteiger partial charge on any atom is -0.494 e. The first-order valence-electron chi connectivity index (χ1n) is 4.88. The van der Waals surface area contributed by atoms with E-state index in [1.807, 2.05) is 31.2 Å². The molecule has 2 N–H and O–H groups in total. The van der Waals surface area contributed by atoms with Crippen LogP contribution in [0.1, 0.15) is 16.2 Å². The average Bonchev–Trinajstić information content (AvgIpc) is 2.29. The Morgan fingerprint density at radius 2 is 1.94 bits per heavy atom. The second kappa shape index (κ2) is 3.81. The molecule has 1 amide bonds. The Morgan fingerprint density at radius 1 is 1.31 bits per heavy atom. The van der Waals surface area contributed by atoms with E-state index in [1.165, 1.54) is 7.11 Å².